The summed E-state index contributed by atoms with van der Waals surface area (Å²) in [6.07, 6.45) is 3.64. The second-order valence-electron chi connectivity index (χ2n) is 4.19. The number of aromatic nitrogens is 2. The molecule has 0 unspecified atom stereocenters. The molecule has 1 N–H and O–H groups in total. The maximum Gasteiger partial charge on any atom is 0.354 e. The van der Waals surface area contributed by atoms with Gasteiger partial charge in [-0.05, 0) is 25.8 Å². The van der Waals surface area contributed by atoms with Gasteiger partial charge in [0.1, 0.15) is 0 Å². The first-order valence-electron chi connectivity index (χ1n) is 6.13. The van der Waals surface area contributed by atoms with Gasteiger partial charge in [0.25, 0.3) is 0 Å². The molecule has 0 spiro atoms. The normalized spacial score (nSPS) is 16.8. The number of aromatic carboxylic acids is 1. The highest BCUT2D eigenvalue weighted by atomic mass is 16.5. The van der Waals surface area contributed by atoms with Gasteiger partial charge in [-0.2, -0.15) is 0 Å². The topological polar surface area (TPSA) is 75.5 Å². The van der Waals surface area contributed by atoms with Gasteiger partial charge in [-0.3, -0.25) is 0 Å². The fourth-order valence-electron chi connectivity index (χ4n) is 2.08. The number of nitrogens with zero attached hydrogens (tertiary/aromatic N) is 3. The van der Waals surface area contributed by atoms with E-state index >= 15 is 0 Å². The predicted octanol–water partition coefficient (Wildman–Crippen LogP) is 1.18. The van der Waals surface area contributed by atoms with Crippen LogP contribution < -0.4 is 4.90 Å². The number of carboxylic acids is 1. The number of ether oxygens (including phenoxy) is 1. The molecule has 6 heteroatoms. The van der Waals surface area contributed by atoms with Crippen molar-refractivity contribution in [3.05, 3.63) is 18.0 Å². The van der Waals surface area contributed by atoms with Gasteiger partial charge in [0.2, 0.25) is 5.95 Å². The first-order valence-corrected chi connectivity index (χ1v) is 6.13. The van der Waals surface area contributed by atoms with E-state index < -0.39 is 5.97 Å². The third-order valence-electron chi connectivity index (χ3n) is 2.99. The van der Waals surface area contributed by atoms with Gasteiger partial charge < -0.3 is 14.7 Å². The zero-order chi connectivity index (χ0) is 13.0. The molecule has 0 amide bonds. The molecule has 1 aromatic rings. The third-order valence-corrected chi connectivity index (χ3v) is 2.99. The summed E-state index contributed by atoms with van der Waals surface area (Å²) in [5, 5.41) is 8.89. The lowest BCUT2D eigenvalue weighted by Gasteiger charge is -2.31. The van der Waals surface area contributed by atoms with Crippen molar-refractivity contribution >= 4 is 11.9 Å². The van der Waals surface area contributed by atoms with Crippen LogP contribution in [-0.2, 0) is 4.74 Å². The van der Waals surface area contributed by atoms with Crippen LogP contribution in [0.3, 0.4) is 0 Å². The number of hydrogen-bond donors (Lipinski definition) is 1. The molecular weight excluding hydrogens is 234 g/mol. The number of carbonyl (C=O) groups is 1. The van der Waals surface area contributed by atoms with Gasteiger partial charge in [0.15, 0.2) is 5.69 Å². The number of hydrogen-bond acceptors (Lipinski definition) is 5. The van der Waals surface area contributed by atoms with E-state index in [-0.39, 0.29) is 5.69 Å². The van der Waals surface area contributed by atoms with Crippen LogP contribution in [0.15, 0.2) is 12.3 Å². The molecule has 1 aromatic heterocycles. The minimum absolute atomic E-state index is 0.0342. The standard InChI is InChI=1S/C12H17N3O3/c1-2-18-9-4-7-15(8-5-9)12-13-6-3-10(14-12)11(16)17/h3,6,9H,2,4-5,7-8H2,1H3,(H,16,17). The highest BCUT2D eigenvalue weighted by molar-refractivity contribution is 5.85. The summed E-state index contributed by atoms with van der Waals surface area (Å²) in [6, 6.07) is 1.40. The Kier molecular flexibility index (Phi) is 4.09. The van der Waals surface area contributed by atoms with E-state index in [1.807, 2.05) is 11.8 Å². The van der Waals surface area contributed by atoms with Crippen molar-refractivity contribution in [3.8, 4) is 0 Å². The van der Waals surface area contributed by atoms with Crippen LogP contribution in [0.4, 0.5) is 5.95 Å². The average Bonchev–Trinajstić information content (AvgIpc) is 2.40. The van der Waals surface area contributed by atoms with E-state index in [2.05, 4.69) is 9.97 Å². The molecule has 0 radical (unpaired) electrons. The average molecular weight is 251 g/mol. The van der Waals surface area contributed by atoms with E-state index in [0.717, 1.165) is 32.5 Å². The Labute approximate surface area is 106 Å². The van der Waals surface area contributed by atoms with Crippen LogP contribution in [-0.4, -0.2) is 46.8 Å². The van der Waals surface area contributed by atoms with E-state index in [9.17, 15) is 4.79 Å². The number of carboxylic acid groups (broad SMARTS) is 1. The molecule has 1 saturated heterocycles. The van der Waals surface area contributed by atoms with Gasteiger partial charge in [-0.15, -0.1) is 0 Å². The lowest BCUT2D eigenvalue weighted by atomic mass is 10.1. The summed E-state index contributed by atoms with van der Waals surface area (Å²) in [4.78, 5) is 21.0. The summed E-state index contributed by atoms with van der Waals surface area (Å²) >= 11 is 0. The van der Waals surface area contributed by atoms with Crippen LogP contribution in [0.1, 0.15) is 30.3 Å². The molecule has 0 bridgehead atoms. The maximum atomic E-state index is 10.8. The monoisotopic (exact) mass is 251 g/mol. The lowest BCUT2D eigenvalue weighted by Crippen LogP contribution is -2.38. The third kappa shape index (κ3) is 2.95. The zero-order valence-corrected chi connectivity index (χ0v) is 10.4. The van der Waals surface area contributed by atoms with Gasteiger partial charge in [-0.1, -0.05) is 0 Å². The molecular formula is C12H17N3O3. The van der Waals surface area contributed by atoms with Crippen molar-refractivity contribution in [2.45, 2.75) is 25.9 Å². The van der Waals surface area contributed by atoms with Crippen LogP contribution in [0, 0.1) is 0 Å². The van der Waals surface area contributed by atoms with Crippen molar-refractivity contribution < 1.29 is 14.6 Å². The Hall–Kier alpha value is -1.69. The highest BCUT2D eigenvalue weighted by Crippen LogP contribution is 2.18. The first kappa shape index (κ1) is 12.8. The van der Waals surface area contributed by atoms with Crippen LogP contribution in [0.5, 0.6) is 0 Å². The maximum absolute atomic E-state index is 10.8. The molecule has 2 rings (SSSR count). The summed E-state index contributed by atoms with van der Waals surface area (Å²) in [5.41, 5.74) is 0.0342. The van der Waals surface area contributed by atoms with Crippen molar-refractivity contribution in [1.29, 1.82) is 0 Å². The van der Waals surface area contributed by atoms with Gasteiger partial charge >= 0.3 is 5.97 Å². The van der Waals surface area contributed by atoms with E-state index in [4.69, 9.17) is 9.84 Å². The summed E-state index contributed by atoms with van der Waals surface area (Å²) in [6.45, 7) is 4.32. The lowest BCUT2D eigenvalue weighted by molar-refractivity contribution is 0.0457. The minimum atomic E-state index is -1.03. The molecule has 0 aliphatic carbocycles. The molecule has 6 nitrogen and oxygen atoms in total. The fourth-order valence-corrected chi connectivity index (χ4v) is 2.08. The Bertz CT molecular complexity index is 417. The van der Waals surface area contributed by atoms with Gasteiger partial charge in [0.05, 0.1) is 6.10 Å². The van der Waals surface area contributed by atoms with Crippen LogP contribution in [0.2, 0.25) is 0 Å². The summed E-state index contributed by atoms with van der Waals surface area (Å²) in [5.74, 6) is -0.535. The number of anilines is 1. The van der Waals surface area contributed by atoms with Gasteiger partial charge in [0, 0.05) is 25.9 Å². The smallest absolute Gasteiger partial charge is 0.354 e. The van der Waals surface area contributed by atoms with E-state index in [1.165, 1.54) is 12.3 Å². The first-order chi connectivity index (χ1) is 8.70. The Balaban J connectivity index is 2.01. The molecule has 0 atom stereocenters. The fraction of sp³-hybridized carbons (Fsp3) is 0.583. The molecule has 0 aromatic carbocycles. The van der Waals surface area contributed by atoms with Crippen molar-refractivity contribution in [2.75, 3.05) is 24.6 Å². The second kappa shape index (κ2) is 5.77. The van der Waals surface area contributed by atoms with Gasteiger partial charge in [-0.25, -0.2) is 14.8 Å². The highest BCUT2D eigenvalue weighted by Gasteiger charge is 2.21. The largest absolute Gasteiger partial charge is 0.477 e. The molecule has 18 heavy (non-hydrogen) atoms. The molecule has 0 saturated carbocycles. The molecule has 2 heterocycles. The van der Waals surface area contributed by atoms with Crippen molar-refractivity contribution in [3.63, 3.8) is 0 Å². The summed E-state index contributed by atoms with van der Waals surface area (Å²) < 4.78 is 5.57. The second-order valence-corrected chi connectivity index (χ2v) is 4.19. The SMILES string of the molecule is CCOC1CCN(c2nccc(C(=O)O)n2)CC1. The molecule has 1 aliphatic heterocycles. The Morgan fingerprint density at radius 2 is 2.28 bits per heavy atom. The van der Waals surface area contributed by atoms with Crippen molar-refractivity contribution in [2.24, 2.45) is 0 Å². The predicted molar refractivity (Wildman–Crippen MR) is 65.9 cm³/mol. The Morgan fingerprint density at radius 1 is 1.56 bits per heavy atom. The molecule has 1 aliphatic rings. The molecule has 98 valence electrons. The quantitative estimate of drug-likeness (QED) is 0.866. The van der Waals surface area contributed by atoms with E-state index in [0.29, 0.717) is 12.1 Å². The van der Waals surface area contributed by atoms with Crippen molar-refractivity contribution in [1.82, 2.24) is 9.97 Å². The van der Waals surface area contributed by atoms with E-state index in [1.54, 1.807) is 0 Å². The minimum Gasteiger partial charge on any atom is -0.477 e. The summed E-state index contributed by atoms with van der Waals surface area (Å²) in [7, 11) is 0. The molecule has 1 fully saturated rings. The zero-order valence-electron chi connectivity index (χ0n) is 10.4. The van der Waals surface area contributed by atoms with Crippen LogP contribution in [0.25, 0.3) is 0 Å². The number of piperidine rings is 1. The van der Waals surface area contributed by atoms with Crippen LogP contribution >= 0.6 is 0 Å². The Morgan fingerprint density at radius 3 is 2.89 bits per heavy atom. The number of rotatable bonds is 4.